The number of benzene rings is 2. The molecule has 5 rings (SSSR count). The van der Waals surface area contributed by atoms with Gasteiger partial charge in [0, 0.05) is 23.8 Å². The molecule has 0 amide bonds. The number of rotatable bonds is 1. The van der Waals surface area contributed by atoms with Gasteiger partial charge in [-0.25, -0.2) is 9.38 Å². The van der Waals surface area contributed by atoms with Crippen molar-refractivity contribution in [1.82, 2.24) is 9.38 Å². The molecular weight excluding hydrogens is 354 g/mol. The maximum Gasteiger partial charge on any atom is 0.274 e. The van der Waals surface area contributed by atoms with E-state index in [0.29, 0.717) is 4.53 Å². The fraction of sp³-hybridized carbons (Fsp3) is 0.182. The molecule has 27 heavy (non-hydrogen) atoms. The molecule has 0 bridgehead atoms. The minimum absolute atomic E-state index is 0.00322. The average molecular weight is 373 g/mol. The number of allylic oxidation sites excluding steroid dienone is 2. The van der Waals surface area contributed by atoms with Crippen LogP contribution in [-0.2, 0) is 5.41 Å². The van der Waals surface area contributed by atoms with E-state index in [1.54, 1.807) is 4.40 Å². The fourth-order valence-corrected chi connectivity index (χ4v) is 5.01. The Labute approximate surface area is 160 Å². The molecule has 4 nitrogen and oxygen atoms in total. The van der Waals surface area contributed by atoms with Crippen LogP contribution in [0, 0.1) is 0 Å². The Morgan fingerprint density at radius 1 is 1.04 bits per heavy atom. The van der Waals surface area contributed by atoms with E-state index in [2.05, 4.69) is 61.1 Å². The van der Waals surface area contributed by atoms with Crippen LogP contribution >= 0.6 is 11.3 Å². The summed E-state index contributed by atoms with van der Waals surface area (Å²) in [6, 6.07) is 16.2. The monoisotopic (exact) mass is 373 g/mol. The summed E-state index contributed by atoms with van der Waals surface area (Å²) < 4.78 is 2.42. The lowest BCUT2D eigenvalue weighted by Crippen LogP contribution is -2.24. The minimum Gasteiger partial charge on any atom is -0.347 e. The number of thiazole rings is 1. The highest BCUT2D eigenvalue weighted by Gasteiger charge is 2.37. The number of imidazole rings is 1. The molecular formula is C22H19N3OS. The second-order valence-corrected chi connectivity index (χ2v) is 8.42. The molecule has 0 N–H and O–H groups in total. The van der Waals surface area contributed by atoms with Gasteiger partial charge in [0.2, 0.25) is 0 Å². The van der Waals surface area contributed by atoms with Crippen LogP contribution in [0.4, 0.5) is 5.69 Å². The van der Waals surface area contributed by atoms with Gasteiger partial charge in [0.25, 0.3) is 5.56 Å². The Bertz CT molecular complexity index is 1340. The van der Waals surface area contributed by atoms with Gasteiger partial charge in [0.15, 0.2) is 4.96 Å². The molecule has 0 radical (unpaired) electrons. The lowest BCUT2D eigenvalue weighted by Gasteiger charge is -2.23. The normalized spacial score (nSPS) is 18.1. The number of hydrogen-bond acceptors (Lipinski definition) is 4. The Hall–Kier alpha value is -2.92. The summed E-state index contributed by atoms with van der Waals surface area (Å²) in [4.78, 5) is 20.5. The number of fused-ring (bicyclic) bond motifs is 4. The first kappa shape index (κ1) is 16.3. The molecule has 1 aliphatic rings. The summed E-state index contributed by atoms with van der Waals surface area (Å²) in [5.74, 6) is 0. The molecule has 0 atom stereocenters. The van der Waals surface area contributed by atoms with Gasteiger partial charge in [0.1, 0.15) is 0 Å². The van der Waals surface area contributed by atoms with Gasteiger partial charge >= 0.3 is 0 Å². The number of likely N-dealkylation sites (N-methyl/N-ethyl adjacent to an activating group) is 1. The van der Waals surface area contributed by atoms with E-state index in [9.17, 15) is 4.79 Å². The van der Waals surface area contributed by atoms with E-state index < -0.39 is 0 Å². The number of hydrogen-bond donors (Lipinski definition) is 0. The third-order valence-electron chi connectivity index (χ3n) is 5.48. The second-order valence-electron chi connectivity index (χ2n) is 7.41. The molecule has 5 heteroatoms. The van der Waals surface area contributed by atoms with Gasteiger partial charge in [-0.05, 0) is 35.9 Å². The maximum atomic E-state index is 12.9. The molecule has 0 fully saturated rings. The Kier molecular flexibility index (Phi) is 3.34. The number of nitrogens with zero attached hydrogens (tertiary/aromatic N) is 3. The molecule has 134 valence electrons. The van der Waals surface area contributed by atoms with Crippen molar-refractivity contribution in [3.05, 3.63) is 80.8 Å². The predicted octanol–water partition coefficient (Wildman–Crippen LogP) is 3.72. The smallest absolute Gasteiger partial charge is 0.274 e. The van der Waals surface area contributed by atoms with E-state index >= 15 is 0 Å². The largest absolute Gasteiger partial charge is 0.347 e. The van der Waals surface area contributed by atoms with E-state index in [1.807, 2.05) is 30.3 Å². The number of anilines is 1. The van der Waals surface area contributed by atoms with Crippen LogP contribution in [0.25, 0.3) is 22.1 Å². The average Bonchev–Trinajstić information content (AvgIpc) is 3.23. The van der Waals surface area contributed by atoms with Gasteiger partial charge in [-0.2, -0.15) is 0 Å². The van der Waals surface area contributed by atoms with Gasteiger partial charge in [-0.15, -0.1) is 0 Å². The fourth-order valence-electron chi connectivity index (χ4n) is 4.08. The topological polar surface area (TPSA) is 37.6 Å². The van der Waals surface area contributed by atoms with Crippen LogP contribution < -0.4 is 15.0 Å². The summed E-state index contributed by atoms with van der Waals surface area (Å²) in [5, 5.41) is 0. The summed E-state index contributed by atoms with van der Waals surface area (Å²) >= 11 is 1.44. The molecule has 0 spiro atoms. The van der Waals surface area contributed by atoms with E-state index in [4.69, 9.17) is 0 Å². The highest BCUT2D eigenvalue weighted by Crippen LogP contribution is 2.46. The highest BCUT2D eigenvalue weighted by molar-refractivity contribution is 7.15. The Morgan fingerprint density at radius 2 is 1.78 bits per heavy atom. The summed E-state index contributed by atoms with van der Waals surface area (Å²) in [6.45, 7) is 4.45. The van der Waals surface area contributed by atoms with Crippen LogP contribution in [0.3, 0.4) is 0 Å². The van der Waals surface area contributed by atoms with Crippen molar-refractivity contribution >= 4 is 39.1 Å². The Balaban J connectivity index is 1.68. The highest BCUT2D eigenvalue weighted by atomic mass is 32.1. The lowest BCUT2D eigenvalue weighted by molar-refractivity contribution is 0.641. The predicted molar refractivity (Wildman–Crippen MR) is 112 cm³/mol. The molecule has 0 saturated carbocycles. The van der Waals surface area contributed by atoms with Crippen molar-refractivity contribution in [2.24, 2.45) is 0 Å². The van der Waals surface area contributed by atoms with Crippen LogP contribution in [0.1, 0.15) is 19.4 Å². The first-order valence-corrected chi connectivity index (χ1v) is 9.76. The molecule has 0 aliphatic carbocycles. The van der Waals surface area contributed by atoms with Crippen molar-refractivity contribution in [3.8, 4) is 0 Å². The molecule has 0 unspecified atom stereocenters. The third kappa shape index (κ3) is 2.21. The zero-order valence-electron chi connectivity index (χ0n) is 15.4. The zero-order valence-corrected chi connectivity index (χ0v) is 16.2. The van der Waals surface area contributed by atoms with Crippen molar-refractivity contribution < 1.29 is 0 Å². The van der Waals surface area contributed by atoms with E-state index in [1.165, 1.54) is 28.3 Å². The number of aromatic nitrogens is 2. The van der Waals surface area contributed by atoms with Gasteiger partial charge in [-0.1, -0.05) is 55.5 Å². The lowest BCUT2D eigenvalue weighted by atomic mass is 9.84. The second kappa shape index (κ2) is 5.54. The molecule has 3 heterocycles. The first-order chi connectivity index (χ1) is 13.0. The molecule has 2 aromatic carbocycles. The van der Waals surface area contributed by atoms with E-state index in [0.717, 1.165) is 16.0 Å². The molecule has 0 saturated heterocycles. The van der Waals surface area contributed by atoms with Crippen molar-refractivity contribution in [2.75, 3.05) is 11.9 Å². The van der Waals surface area contributed by atoms with Gasteiger partial charge in [0.05, 0.1) is 15.6 Å². The first-order valence-electron chi connectivity index (χ1n) is 8.94. The maximum absolute atomic E-state index is 12.9. The standard InChI is InChI=1S/C22H19N3OS/c1-22(2)14-8-4-6-10-16(14)24(3)19(22)13-12-18-20(26)25-17-11-7-5-9-15(17)23-21(25)27-18/h4-13H,1-3H3/b18-12+,19-13-. The third-order valence-corrected chi connectivity index (χ3v) is 6.47. The van der Waals surface area contributed by atoms with E-state index in [-0.39, 0.29) is 11.0 Å². The van der Waals surface area contributed by atoms with Crippen molar-refractivity contribution in [3.63, 3.8) is 0 Å². The minimum atomic E-state index is -0.102. The quantitative estimate of drug-likeness (QED) is 0.510. The Morgan fingerprint density at radius 3 is 2.59 bits per heavy atom. The van der Waals surface area contributed by atoms with Gasteiger partial charge < -0.3 is 4.90 Å². The van der Waals surface area contributed by atoms with Crippen molar-refractivity contribution in [2.45, 2.75) is 19.3 Å². The SMILES string of the molecule is CN1/C(=C\C=c2\sc3nc4ccccc4n3c2=O)C(C)(C)c2ccccc21. The van der Waals surface area contributed by atoms with Crippen LogP contribution in [-0.4, -0.2) is 16.4 Å². The van der Waals surface area contributed by atoms with Crippen LogP contribution in [0.2, 0.25) is 0 Å². The van der Waals surface area contributed by atoms with Crippen molar-refractivity contribution in [1.29, 1.82) is 0 Å². The zero-order chi connectivity index (χ0) is 18.8. The molecule has 1 aliphatic heterocycles. The molecule has 4 aromatic rings. The summed E-state index contributed by atoms with van der Waals surface area (Å²) in [6.07, 6.45) is 4.02. The van der Waals surface area contributed by atoms with Crippen LogP contribution in [0.5, 0.6) is 0 Å². The molecule has 2 aromatic heterocycles. The summed E-state index contributed by atoms with van der Waals surface area (Å²) in [5.41, 5.74) is 5.33. The van der Waals surface area contributed by atoms with Gasteiger partial charge in [-0.3, -0.25) is 4.79 Å². The van der Waals surface area contributed by atoms with Crippen LogP contribution in [0.15, 0.2) is 65.1 Å². The summed E-state index contributed by atoms with van der Waals surface area (Å²) in [7, 11) is 2.08. The number of para-hydroxylation sites is 3.